The van der Waals surface area contributed by atoms with Crippen LogP contribution < -0.4 is 5.32 Å². The lowest BCUT2D eigenvalue weighted by Gasteiger charge is -2.09. The van der Waals surface area contributed by atoms with E-state index in [0.29, 0.717) is 17.9 Å². The number of hydrogen-bond donors (Lipinski definition) is 2. The zero-order chi connectivity index (χ0) is 15.1. The third kappa shape index (κ3) is 4.35. The molecule has 1 aromatic carbocycles. The second kappa shape index (κ2) is 7.49. The van der Waals surface area contributed by atoms with Crippen molar-refractivity contribution in [1.29, 1.82) is 0 Å². The summed E-state index contributed by atoms with van der Waals surface area (Å²) in [5.74, 6) is -0.0866. The van der Waals surface area contributed by atoms with E-state index in [2.05, 4.69) is 10.4 Å². The molecule has 7 heteroatoms. The number of nitrogens with zero attached hydrogens (tertiary/aromatic N) is 2. The number of benzene rings is 1. The van der Waals surface area contributed by atoms with E-state index in [1.165, 1.54) is 11.8 Å². The van der Waals surface area contributed by atoms with Crippen molar-refractivity contribution in [2.75, 3.05) is 5.75 Å². The number of hydrogen-bond acceptors (Lipinski definition) is 4. The summed E-state index contributed by atoms with van der Waals surface area (Å²) < 4.78 is 1.77. The Morgan fingerprint density at radius 3 is 2.86 bits per heavy atom. The molecule has 2 aromatic rings. The summed E-state index contributed by atoms with van der Waals surface area (Å²) in [5.41, 5.74) is 1.97. The lowest BCUT2D eigenvalue weighted by Crippen LogP contribution is -2.37. The quantitative estimate of drug-likeness (QED) is 0.718. The fraction of sp³-hybridized carbons (Fsp3) is 0.214. The van der Waals surface area contributed by atoms with Gasteiger partial charge in [0.15, 0.2) is 0 Å². The second-order valence-electron chi connectivity index (χ2n) is 4.32. The molecule has 2 rings (SSSR count). The monoisotopic (exact) mass is 305 g/mol. The molecule has 0 saturated heterocycles. The van der Waals surface area contributed by atoms with Crippen LogP contribution >= 0.6 is 11.8 Å². The SMILES string of the molecule is O=CNC(CSCc1cnn(-c2ccccc2)c1)C(=O)O. The van der Waals surface area contributed by atoms with E-state index in [0.717, 1.165) is 11.3 Å². The van der Waals surface area contributed by atoms with Gasteiger partial charge in [0.05, 0.1) is 11.9 Å². The van der Waals surface area contributed by atoms with Crippen molar-refractivity contribution < 1.29 is 14.7 Å². The van der Waals surface area contributed by atoms with Crippen molar-refractivity contribution in [3.63, 3.8) is 0 Å². The molecule has 0 aliphatic carbocycles. The minimum Gasteiger partial charge on any atom is -0.480 e. The third-order valence-corrected chi connectivity index (χ3v) is 3.88. The van der Waals surface area contributed by atoms with Crippen LogP contribution in [-0.2, 0) is 15.3 Å². The molecular weight excluding hydrogens is 290 g/mol. The molecule has 0 aliphatic heterocycles. The molecule has 2 N–H and O–H groups in total. The molecule has 1 unspecified atom stereocenters. The molecule has 0 spiro atoms. The fourth-order valence-corrected chi connectivity index (χ4v) is 2.70. The number of para-hydroxylation sites is 1. The number of aliphatic carboxylic acids is 1. The molecule has 1 amide bonds. The lowest BCUT2D eigenvalue weighted by atomic mass is 10.3. The van der Waals surface area contributed by atoms with Crippen LogP contribution in [0.2, 0.25) is 0 Å². The summed E-state index contributed by atoms with van der Waals surface area (Å²) in [5, 5.41) is 15.5. The number of nitrogens with one attached hydrogen (secondary N) is 1. The summed E-state index contributed by atoms with van der Waals surface area (Å²) in [6, 6.07) is 8.87. The highest BCUT2D eigenvalue weighted by atomic mass is 32.2. The lowest BCUT2D eigenvalue weighted by molar-refractivity contribution is -0.139. The number of carboxylic acids is 1. The zero-order valence-corrected chi connectivity index (χ0v) is 12.0. The first-order valence-corrected chi connectivity index (χ1v) is 7.45. The molecule has 1 aromatic heterocycles. The van der Waals surface area contributed by atoms with E-state index in [-0.39, 0.29) is 0 Å². The van der Waals surface area contributed by atoms with Crippen molar-refractivity contribution in [3.05, 3.63) is 48.3 Å². The van der Waals surface area contributed by atoms with Gasteiger partial charge in [-0.05, 0) is 12.1 Å². The van der Waals surface area contributed by atoms with Crippen molar-refractivity contribution in [3.8, 4) is 5.69 Å². The van der Waals surface area contributed by atoms with Gasteiger partial charge in [0, 0.05) is 23.3 Å². The van der Waals surface area contributed by atoms with Crippen molar-refractivity contribution in [2.24, 2.45) is 0 Å². The van der Waals surface area contributed by atoms with Crippen LogP contribution in [0.3, 0.4) is 0 Å². The highest BCUT2D eigenvalue weighted by Crippen LogP contribution is 2.14. The van der Waals surface area contributed by atoms with Gasteiger partial charge in [-0.25, -0.2) is 9.48 Å². The van der Waals surface area contributed by atoms with Crippen molar-refractivity contribution >= 4 is 24.1 Å². The molecule has 0 aliphatic rings. The van der Waals surface area contributed by atoms with Crippen LogP contribution in [0.25, 0.3) is 5.69 Å². The average molecular weight is 305 g/mol. The summed E-state index contributed by atoms with van der Waals surface area (Å²) in [7, 11) is 0. The first kappa shape index (κ1) is 15.1. The highest BCUT2D eigenvalue weighted by molar-refractivity contribution is 7.98. The minimum atomic E-state index is -1.03. The first-order chi connectivity index (χ1) is 10.2. The Kier molecular flexibility index (Phi) is 5.39. The number of aromatic nitrogens is 2. The Hall–Kier alpha value is -2.28. The van der Waals surface area contributed by atoms with Crippen LogP contribution in [0.1, 0.15) is 5.56 Å². The summed E-state index contributed by atoms with van der Waals surface area (Å²) >= 11 is 1.44. The topological polar surface area (TPSA) is 84.2 Å². The van der Waals surface area contributed by atoms with Gasteiger partial charge in [0.2, 0.25) is 6.41 Å². The van der Waals surface area contributed by atoms with Gasteiger partial charge in [-0.1, -0.05) is 18.2 Å². The summed E-state index contributed by atoms with van der Waals surface area (Å²) in [4.78, 5) is 21.2. The molecular formula is C14H15N3O3S. The van der Waals surface area contributed by atoms with Gasteiger partial charge in [0.1, 0.15) is 6.04 Å². The summed E-state index contributed by atoms with van der Waals surface area (Å²) in [6.45, 7) is 0. The van der Waals surface area contributed by atoms with Gasteiger partial charge in [-0.3, -0.25) is 4.79 Å². The van der Waals surface area contributed by atoms with Gasteiger partial charge >= 0.3 is 5.97 Å². The first-order valence-electron chi connectivity index (χ1n) is 6.30. The number of rotatable bonds is 8. The molecule has 0 bridgehead atoms. The molecule has 110 valence electrons. The van der Waals surface area contributed by atoms with E-state index in [9.17, 15) is 9.59 Å². The second-order valence-corrected chi connectivity index (χ2v) is 5.35. The highest BCUT2D eigenvalue weighted by Gasteiger charge is 2.15. The van der Waals surface area contributed by atoms with Gasteiger partial charge in [-0.2, -0.15) is 16.9 Å². The van der Waals surface area contributed by atoms with Crippen molar-refractivity contribution in [2.45, 2.75) is 11.8 Å². The maximum absolute atomic E-state index is 10.9. The predicted octanol–water partition coefficient (Wildman–Crippen LogP) is 1.30. The average Bonchev–Trinajstić information content (AvgIpc) is 2.96. The standard InChI is InChI=1S/C14H15N3O3S/c18-10-15-13(14(19)20)9-21-8-11-6-16-17(7-11)12-4-2-1-3-5-12/h1-7,10,13H,8-9H2,(H,15,18)(H,19,20). The number of carbonyl (C=O) groups excluding carboxylic acids is 1. The van der Waals surface area contributed by atoms with E-state index in [4.69, 9.17) is 5.11 Å². The normalized spacial score (nSPS) is 11.8. The van der Waals surface area contributed by atoms with Gasteiger partial charge < -0.3 is 10.4 Å². The van der Waals surface area contributed by atoms with E-state index >= 15 is 0 Å². The fourth-order valence-electron chi connectivity index (χ4n) is 1.72. The molecule has 6 nitrogen and oxygen atoms in total. The maximum atomic E-state index is 10.9. The van der Waals surface area contributed by atoms with Crippen LogP contribution in [0.4, 0.5) is 0 Å². The minimum absolute atomic E-state index is 0.310. The number of carboxylic acid groups (broad SMARTS) is 1. The Morgan fingerprint density at radius 2 is 2.19 bits per heavy atom. The Labute approximate surface area is 126 Å². The van der Waals surface area contributed by atoms with Gasteiger partial charge in [-0.15, -0.1) is 0 Å². The molecule has 1 atom stereocenters. The van der Waals surface area contributed by atoms with Gasteiger partial charge in [0.25, 0.3) is 0 Å². The molecule has 0 radical (unpaired) electrons. The van der Waals surface area contributed by atoms with Crippen LogP contribution in [0, 0.1) is 0 Å². The largest absolute Gasteiger partial charge is 0.480 e. The van der Waals surface area contributed by atoms with E-state index in [1.807, 2.05) is 36.5 Å². The van der Waals surface area contributed by atoms with Crippen LogP contribution in [-0.4, -0.2) is 39.1 Å². The summed E-state index contributed by atoms with van der Waals surface area (Å²) in [6.07, 6.45) is 4.07. The number of amides is 1. The zero-order valence-electron chi connectivity index (χ0n) is 11.2. The molecule has 21 heavy (non-hydrogen) atoms. The van der Waals surface area contributed by atoms with Crippen LogP contribution in [0.5, 0.6) is 0 Å². The molecule has 0 fully saturated rings. The van der Waals surface area contributed by atoms with Crippen molar-refractivity contribution in [1.82, 2.24) is 15.1 Å². The Balaban J connectivity index is 1.88. The number of thioether (sulfide) groups is 1. The molecule has 1 heterocycles. The van der Waals surface area contributed by atoms with E-state index in [1.54, 1.807) is 10.9 Å². The third-order valence-electron chi connectivity index (χ3n) is 2.78. The van der Waals surface area contributed by atoms with Crippen LogP contribution in [0.15, 0.2) is 42.7 Å². The maximum Gasteiger partial charge on any atom is 0.327 e. The smallest absolute Gasteiger partial charge is 0.327 e. The van der Waals surface area contributed by atoms with E-state index < -0.39 is 12.0 Å². The molecule has 0 saturated carbocycles. The Morgan fingerprint density at radius 1 is 1.43 bits per heavy atom. The number of carbonyl (C=O) groups is 2. The predicted molar refractivity (Wildman–Crippen MR) is 80.3 cm³/mol. The Bertz CT molecular complexity index is 601.